The molecule has 1 heterocycles. The molecule has 0 unspecified atom stereocenters. The van der Waals surface area contributed by atoms with E-state index in [1.54, 1.807) is 12.3 Å². The number of alkyl halides is 1. The van der Waals surface area contributed by atoms with Crippen molar-refractivity contribution in [2.24, 2.45) is 0 Å². The monoisotopic (exact) mass is 484 g/mol. The van der Waals surface area contributed by atoms with Crippen molar-refractivity contribution in [3.63, 3.8) is 0 Å². The van der Waals surface area contributed by atoms with Gasteiger partial charge in [0, 0.05) is 41.4 Å². The summed E-state index contributed by atoms with van der Waals surface area (Å²) in [6, 6.07) is 8.63. The molecule has 0 bridgehead atoms. The minimum Gasteiger partial charge on any atom is -0.454 e. The zero-order chi connectivity index (χ0) is 19.8. The molecule has 0 amide bonds. The minimum atomic E-state index is -0.653. The molecule has 0 spiro atoms. The number of H-pyrrole nitrogens is 1. The molecular weight excluding hydrogens is 465 g/mol. The first-order valence-electron chi connectivity index (χ1n) is 8.28. The average Bonchev–Trinajstić information content (AvgIpc) is 3.15. The van der Waals surface area contributed by atoms with E-state index < -0.39 is 11.6 Å². The van der Waals surface area contributed by atoms with Crippen molar-refractivity contribution in [1.29, 1.82) is 5.26 Å². The van der Waals surface area contributed by atoms with Gasteiger partial charge in [-0.15, -0.1) is 0 Å². The summed E-state index contributed by atoms with van der Waals surface area (Å²) in [7, 11) is 0. The number of hydrogen-bond acceptors (Lipinski definition) is 3. The number of ether oxygens (including phenoxy) is 1. The van der Waals surface area contributed by atoms with Gasteiger partial charge in [0.05, 0.1) is 5.56 Å². The van der Waals surface area contributed by atoms with Crippen LogP contribution < -0.4 is 4.74 Å². The van der Waals surface area contributed by atoms with E-state index in [2.05, 4.69) is 27.6 Å². The van der Waals surface area contributed by atoms with Gasteiger partial charge < -0.3 is 14.8 Å². The van der Waals surface area contributed by atoms with Crippen LogP contribution in [0.2, 0.25) is 0 Å². The normalized spacial score (nSPS) is 10.2. The number of aryl methyl sites for hydroxylation is 1. The molecule has 3 rings (SSSR count). The molecule has 4 nitrogen and oxygen atoms in total. The molecule has 27 heavy (non-hydrogen) atoms. The molecule has 2 aromatic carbocycles. The SMILES string of the molecule is CI.N#Cc1cc(Oc2c(F)cc3[nH]ccc3c2CCCCO)ccc1F. The van der Waals surface area contributed by atoms with Crippen molar-refractivity contribution < 1.29 is 18.6 Å². The number of aromatic nitrogens is 1. The minimum absolute atomic E-state index is 0.0561. The summed E-state index contributed by atoms with van der Waals surface area (Å²) in [4.78, 5) is 4.94. The van der Waals surface area contributed by atoms with E-state index in [0.717, 1.165) is 11.5 Å². The third-order valence-electron chi connectivity index (χ3n) is 3.98. The number of halogens is 3. The van der Waals surface area contributed by atoms with Crippen LogP contribution in [0.15, 0.2) is 36.5 Å². The number of rotatable bonds is 6. The highest BCUT2D eigenvalue weighted by molar-refractivity contribution is 14.1. The molecule has 0 aliphatic heterocycles. The van der Waals surface area contributed by atoms with Crippen LogP contribution >= 0.6 is 22.6 Å². The Bertz CT molecular complexity index is 951. The van der Waals surface area contributed by atoms with Crippen molar-refractivity contribution in [1.82, 2.24) is 4.98 Å². The number of fused-ring (bicyclic) bond motifs is 1. The zero-order valence-corrected chi connectivity index (χ0v) is 16.9. The molecule has 7 heteroatoms. The van der Waals surface area contributed by atoms with Crippen LogP contribution in [0.3, 0.4) is 0 Å². The lowest BCUT2D eigenvalue weighted by Crippen LogP contribution is -1.98. The van der Waals surface area contributed by atoms with E-state index in [4.69, 9.17) is 15.1 Å². The van der Waals surface area contributed by atoms with Gasteiger partial charge in [-0.2, -0.15) is 5.26 Å². The van der Waals surface area contributed by atoms with Crippen LogP contribution in [0, 0.1) is 23.0 Å². The Morgan fingerprint density at radius 2 is 1.93 bits per heavy atom. The Kier molecular flexibility index (Phi) is 8.00. The highest BCUT2D eigenvalue weighted by Gasteiger charge is 2.17. The maximum atomic E-state index is 14.6. The van der Waals surface area contributed by atoms with Gasteiger partial charge in [0.15, 0.2) is 11.6 Å². The topological polar surface area (TPSA) is 69.0 Å². The largest absolute Gasteiger partial charge is 0.454 e. The summed E-state index contributed by atoms with van der Waals surface area (Å²) in [5, 5.41) is 18.7. The van der Waals surface area contributed by atoms with Gasteiger partial charge in [-0.25, -0.2) is 8.78 Å². The van der Waals surface area contributed by atoms with E-state index in [1.165, 1.54) is 18.2 Å². The number of benzene rings is 2. The number of nitrogens with zero attached hydrogens (tertiary/aromatic N) is 1. The molecule has 3 aromatic rings. The molecule has 0 saturated carbocycles. The fraction of sp³-hybridized carbons (Fsp3) is 0.250. The molecule has 0 saturated heterocycles. The second-order valence-corrected chi connectivity index (χ2v) is 5.64. The molecule has 0 radical (unpaired) electrons. The highest BCUT2D eigenvalue weighted by atomic mass is 127. The quantitative estimate of drug-likeness (QED) is 0.277. The Morgan fingerprint density at radius 3 is 2.63 bits per heavy atom. The fourth-order valence-corrected chi connectivity index (χ4v) is 2.77. The summed E-state index contributed by atoms with van der Waals surface area (Å²) in [5.41, 5.74) is 1.16. The first-order chi connectivity index (χ1) is 13.1. The van der Waals surface area contributed by atoms with Crippen LogP contribution in [0.25, 0.3) is 10.9 Å². The van der Waals surface area contributed by atoms with Crippen LogP contribution in [0.1, 0.15) is 24.0 Å². The fourth-order valence-electron chi connectivity index (χ4n) is 2.77. The predicted molar refractivity (Wildman–Crippen MR) is 109 cm³/mol. The van der Waals surface area contributed by atoms with E-state index in [9.17, 15) is 8.78 Å². The Balaban J connectivity index is 0.00000126. The summed E-state index contributed by atoms with van der Waals surface area (Å²) in [5.74, 6) is -0.952. The van der Waals surface area contributed by atoms with Gasteiger partial charge in [0.25, 0.3) is 0 Å². The van der Waals surface area contributed by atoms with Gasteiger partial charge in [-0.05, 0) is 42.4 Å². The lowest BCUT2D eigenvalue weighted by Gasteiger charge is -2.14. The van der Waals surface area contributed by atoms with E-state index >= 15 is 0 Å². The number of aromatic amines is 1. The van der Waals surface area contributed by atoms with Gasteiger partial charge in [-0.3, -0.25) is 0 Å². The third-order valence-corrected chi connectivity index (χ3v) is 3.98. The second kappa shape index (κ2) is 10.2. The molecule has 1 aromatic heterocycles. The van der Waals surface area contributed by atoms with Gasteiger partial charge in [-0.1, -0.05) is 22.6 Å². The number of aliphatic hydroxyl groups excluding tert-OH is 1. The summed E-state index contributed by atoms with van der Waals surface area (Å²) >= 11 is 2.15. The molecule has 0 aliphatic carbocycles. The number of nitriles is 1. The standard InChI is InChI=1S/C19H16F2N2O2.CH3I/c20-16-5-4-13(9-12(16)11-22)25-19-15(3-1-2-8-24)14-6-7-23-18(14)10-17(19)21;1-2/h4-7,9-10,23-24H,1-3,8H2;1H3. The highest BCUT2D eigenvalue weighted by Crippen LogP contribution is 2.35. The second-order valence-electron chi connectivity index (χ2n) is 5.64. The Hall–Kier alpha value is -2.18. The van der Waals surface area contributed by atoms with E-state index in [-0.39, 0.29) is 23.7 Å². The van der Waals surface area contributed by atoms with Crippen LogP contribution in [0.4, 0.5) is 8.78 Å². The van der Waals surface area contributed by atoms with Crippen molar-refractivity contribution in [3.8, 4) is 17.6 Å². The molecular formula is C20H19F2IN2O2. The molecule has 0 fully saturated rings. The van der Waals surface area contributed by atoms with E-state index in [1.807, 2.05) is 11.0 Å². The molecule has 2 N–H and O–H groups in total. The van der Waals surface area contributed by atoms with Crippen molar-refractivity contribution in [2.45, 2.75) is 19.3 Å². The lowest BCUT2D eigenvalue weighted by molar-refractivity contribution is 0.284. The smallest absolute Gasteiger partial charge is 0.168 e. The first-order valence-corrected chi connectivity index (χ1v) is 10.4. The number of aliphatic hydroxyl groups is 1. The third kappa shape index (κ3) is 4.96. The van der Waals surface area contributed by atoms with Crippen LogP contribution in [0.5, 0.6) is 11.5 Å². The maximum absolute atomic E-state index is 14.6. The molecule has 0 aliphatic rings. The summed E-state index contributed by atoms with van der Waals surface area (Å²) < 4.78 is 33.7. The average molecular weight is 484 g/mol. The summed E-state index contributed by atoms with van der Waals surface area (Å²) in [6.45, 7) is 0.0608. The van der Waals surface area contributed by atoms with Crippen molar-refractivity contribution in [2.75, 3.05) is 11.5 Å². The van der Waals surface area contributed by atoms with Gasteiger partial charge in [0.1, 0.15) is 17.6 Å². The van der Waals surface area contributed by atoms with Gasteiger partial charge in [0.2, 0.25) is 0 Å². The van der Waals surface area contributed by atoms with Crippen LogP contribution in [-0.4, -0.2) is 21.6 Å². The predicted octanol–water partition coefficient (Wildman–Crippen LogP) is 5.48. The number of nitrogens with one attached hydrogen (secondary N) is 1. The molecule has 142 valence electrons. The lowest BCUT2D eigenvalue weighted by atomic mass is 10.0. The molecule has 0 atom stereocenters. The number of hydrogen-bond donors (Lipinski definition) is 2. The van der Waals surface area contributed by atoms with Crippen molar-refractivity contribution >= 4 is 33.5 Å². The number of unbranched alkanes of at least 4 members (excludes halogenated alkanes) is 1. The van der Waals surface area contributed by atoms with Crippen molar-refractivity contribution in [3.05, 3.63) is 59.3 Å². The van der Waals surface area contributed by atoms with Gasteiger partial charge >= 0.3 is 0 Å². The zero-order valence-electron chi connectivity index (χ0n) is 14.7. The summed E-state index contributed by atoms with van der Waals surface area (Å²) in [6.07, 6.45) is 3.50. The maximum Gasteiger partial charge on any atom is 0.168 e. The first kappa shape index (κ1) is 21.1. The van der Waals surface area contributed by atoms with E-state index in [0.29, 0.717) is 30.3 Å². The Labute approximate surface area is 169 Å². The Morgan fingerprint density at radius 1 is 1.15 bits per heavy atom. The van der Waals surface area contributed by atoms with Crippen LogP contribution in [-0.2, 0) is 6.42 Å².